The summed E-state index contributed by atoms with van der Waals surface area (Å²) in [6, 6.07) is 7.74. The fraction of sp³-hybridized carbons (Fsp3) is 0.579. The van der Waals surface area contributed by atoms with Gasteiger partial charge >= 0.3 is 0 Å². The summed E-state index contributed by atoms with van der Waals surface area (Å²) in [5.41, 5.74) is 1.95. The number of anilines is 1. The van der Waals surface area contributed by atoms with E-state index in [0.29, 0.717) is 24.8 Å². The van der Waals surface area contributed by atoms with E-state index >= 15 is 0 Å². The molecule has 0 aliphatic carbocycles. The van der Waals surface area contributed by atoms with Gasteiger partial charge in [0.15, 0.2) is 0 Å². The molecule has 5 heteroatoms. The van der Waals surface area contributed by atoms with Gasteiger partial charge in [-0.2, -0.15) is 0 Å². The van der Waals surface area contributed by atoms with Crippen LogP contribution in [0.5, 0.6) is 0 Å². The van der Waals surface area contributed by atoms with E-state index in [1.807, 2.05) is 24.3 Å². The molecule has 1 fully saturated rings. The van der Waals surface area contributed by atoms with Gasteiger partial charge in [0.1, 0.15) is 0 Å². The Morgan fingerprint density at radius 3 is 2.50 bits per heavy atom. The van der Waals surface area contributed by atoms with E-state index in [-0.39, 0.29) is 11.8 Å². The number of carbonyl (C=O) groups excluding carboxylic acids is 2. The number of piperidine rings is 1. The summed E-state index contributed by atoms with van der Waals surface area (Å²) in [6.07, 6.45) is 3.77. The molecule has 2 rings (SSSR count). The molecule has 5 nitrogen and oxygen atoms in total. The molecular weight excluding hydrogens is 302 g/mol. The van der Waals surface area contributed by atoms with Crippen LogP contribution < -0.4 is 16.0 Å². The van der Waals surface area contributed by atoms with Crippen molar-refractivity contribution in [3.8, 4) is 0 Å². The summed E-state index contributed by atoms with van der Waals surface area (Å²) in [5, 5.41) is 9.14. The lowest BCUT2D eigenvalue weighted by Gasteiger charge is -2.27. The maximum Gasteiger partial charge on any atom is 0.221 e. The van der Waals surface area contributed by atoms with Gasteiger partial charge in [0.2, 0.25) is 11.8 Å². The van der Waals surface area contributed by atoms with E-state index in [9.17, 15) is 9.59 Å². The molecule has 0 bridgehead atoms. The van der Waals surface area contributed by atoms with Crippen molar-refractivity contribution in [3.63, 3.8) is 0 Å². The molecule has 1 aromatic carbocycles. The highest BCUT2D eigenvalue weighted by Gasteiger charge is 2.21. The van der Waals surface area contributed by atoms with E-state index in [0.717, 1.165) is 30.8 Å². The van der Waals surface area contributed by atoms with Crippen molar-refractivity contribution in [3.05, 3.63) is 29.8 Å². The number of benzene rings is 1. The number of amides is 2. The van der Waals surface area contributed by atoms with Gasteiger partial charge < -0.3 is 16.0 Å². The van der Waals surface area contributed by atoms with E-state index in [1.54, 1.807) is 0 Å². The molecule has 2 amide bonds. The van der Waals surface area contributed by atoms with Gasteiger partial charge in [-0.1, -0.05) is 19.1 Å². The standard InChI is InChI=1S/C19H29N3O2/c1-14(17-8-10-20-11-9-17)13-19(24)21-12-7-16-3-5-18(6-4-16)22-15(2)23/h3-6,14,17,20H,7-13H2,1-2H3,(H,21,24)(H,22,23). The minimum atomic E-state index is -0.0714. The van der Waals surface area contributed by atoms with Crippen molar-refractivity contribution in [2.24, 2.45) is 11.8 Å². The quantitative estimate of drug-likeness (QED) is 0.718. The molecule has 0 radical (unpaired) electrons. The van der Waals surface area contributed by atoms with Crippen molar-refractivity contribution >= 4 is 17.5 Å². The van der Waals surface area contributed by atoms with Crippen LogP contribution in [0.2, 0.25) is 0 Å². The predicted molar refractivity (Wildman–Crippen MR) is 96.8 cm³/mol. The van der Waals surface area contributed by atoms with Crippen LogP contribution in [0.15, 0.2) is 24.3 Å². The lowest BCUT2D eigenvalue weighted by Crippen LogP contribution is -2.34. The van der Waals surface area contributed by atoms with Gasteiger partial charge in [0.05, 0.1) is 0 Å². The second kappa shape index (κ2) is 9.42. The molecule has 1 unspecified atom stereocenters. The van der Waals surface area contributed by atoms with Crippen molar-refractivity contribution in [1.82, 2.24) is 10.6 Å². The Bertz CT molecular complexity index is 536. The first kappa shape index (κ1) is 18.5. The first-order chi connectivity index (χ1) is 11.5. The summed E-state index contributed by atoms with van der Waals surface area (Å²) in [6.45, 7) is 6.48. The van der Waals surface area contributed by atoms with Crippen LogP contribution in [-0.4, -0.2) is 31.4 Å². The van der Waals surface area contributed by atoms with Gasteiger partial charge in [0.25, 0.3) is 0 Å². The molecule has 3 N–H and O–H groups in total. The molecule has 0 saturated carbocycles. The van der Waals surface area contributed by atoms with E-state index in [1.165, 1.54) is 19.8 Å². The molecule has 1 heterocycles. The number of hydrogen-bond acceptors (Lipinski definition) is 3. The Balaban J connectivity index is 1.67. The smallest absolute Gasteiger partial charge is 0.221 e. The van der Waals surface area contributed by atoms with Crippen LogP contribution in [0.3, 0.4) is 0 Å². The lowest BCUT2D eigenvalue weighted by atomic mass is 9.84. The number of nitrogens with one attached hydrogen (secondary N) is 3. The summed E-state index contributed by atoms with van der Waals surface area (Å²) in [7, 11) is 0. The molecule has 0 aromatic heterocycles. The first-order valence-corrected chi connectivity index (χ1v) is 8.88. The Morgan fingerprint density at radius 2 is 1.88 bits per heavy atom. The topological polar surface area (TPSA) is 70.2 Å². The monoisotopic (exact) mass is 331 g/mol. The molecule has 0 spiro atoms. The van der Waals surface area contributed by atoms with Crippen LogP contribution in [0.1, 0.15) is 38.7 Å². The highest BCUT2D eigenvalue weighted by Crippen LogP contribution is 2.24. The number of hydrogen-bond donors (Lipinski definition) is 3. The summed E-state index contributed by atoms with van der Waals surface area (Å²) >= 11 is 0. The zero-order chi connectivity index (χ0) is 17.4. The minimum Gasteiger partial charge on any atom is -0.356 e. The van der Waals surface area contributed by atoms with Crippen LogP contribution >= 0.6 is 0 Å². The number of rotatable bonds is 7. The molecule has 24 heavy (non-hydrogen) atoms. The first-order valence-electron chi connectivity index (χ1n) is 8.88. The third-order valence-corrected chi connectivity index (χ3v) is 4.71. The van der Waals surface area contributed by atoms with Crippen molar-refractivity contribution in [2.75, 3.05) is 25.0 Å². The maximum atomic E-state index is 12.1. The molecule has 1 atom stereocenters. The predicted octanol–water partition coefficient (Wildman–Crippen LogP) is 2.33. The zero-order valence-corrected chi connectivity index (χ0v) is 14.7. The average molecular weight is 331 g/mol. The Kier molecular flexibility index (Phi) is 7.25. The van der Waals surface area contributed by atoms with E-state index in [4.69, 9.17) is 0 Å². The Labute approximate surface area is 144 Å². The highest BCUT2D eigenvalue weighted by atomic mass is 16.2. The molecule has 1 saturated heterocycles. The van der Waals surface area contributed by atoms with Gasteiger partial charge in [-0.15, -0.1) is 0 Å². The van der Waals surface area contributed by atoms with Crippen molar-refractivity contribution < 1.29 is 9.59 Å². The fourth-order valence-corrected chi connectivity index (χ4v) is 3.25. The Morgan fingerprint density at radius 1 is 1.21 bits per heavy atom. The average Bonchev–Trinajstić information content (AvgIpc) is 2.57. The van der Waals surface area contributed by atoms with Gasteiger partial charge in [0, 0.05) is 25.6 Å². The van der Waals surface area contributed by atoms with Gasteiger partial charge in [-0.05, 0) is 61.9 Å². The summed E-state index contributed by atoms with van der Waals surface area (Å²) in [5.74, 6) is 1.19. The fourth-order valence-electron chi connectivity index (χ4n) is 3.25. The van der Waals surface area contributed by atoms with Crippen molar-refractivity contribution in [2.45, 2.75) is 39.5 Å². The third kappa shape index (κ3) is 6.32. The second-order valence-corrected chi connectivity index (χ2v) is 6.75. The maximum absolute atomic E-state index is 12.1. The van der Waals surface area contributed by atoms with E-state index in [2.05, 4.69) is 22.9 Å². The van der Waals surface area contributed by atoms with Crippen LogP contribution in [0.25, 0.3) is 0 Å². The normalized spacial score (nSPS) is 16.4. The third-order valence-electron chi connectivity index (χ3n) is 4.71. The largest absolute Gasteiger partial charge is 0.356 e. The summed E-state index contributed by atoms with van der Waals surface area (Å²) in [4.78, 5) is 23.1. The molecule has 1 aliphatic rings. The lowest BCUT2D eigenvalue weighted by molar-refractivity contribution is -0.122. The highest BCUT2D eigenvalue weighted by molar-refractivity contribution is 5.88. The van der Waals surface area contributed by atoms with E-state index < -0.39 is 0 Å². The van der Waals surface area contributed by atoms with Gasteiger partial charge in [-0.25, -0.2) is 0 Å². The number of carbonyl (C=O) groups is 2. The van der Waals surface area contributed by atoms with Crippen molar-refractivity contribution in [1.29, 1.82) is 0 Å². The molecule has 1 aliphatic heterocycles. The minimum absolute atomic E-state index is 0.0714. The molecule has 132 valence electrons. The SMILES string of the molecule is CC(=O)Nc1ccc(CCNC(=O)CC(C)C2CCNCC2)cc1. The van der Waals surface area contributed by atoms with Crippen LogP contribution in [0.4, 0.5) is 5.69 Å². The van der Waals surface area contributed by atoms with Crippen LogP contribution in [-0.2, 0) is 16.0 Å². The Hall–Kier alpha value is -1.88. The second-order valence-electron chi connectivity index (χ2n) is 6.75. The zero-order valence-electron chi connectivity index (χ0n) is 14.7. The van der Waals surface area contributed by atoms with Gasteiger partial charge in [-0.3, -0.25) is 9.59 Å². The summed E-state index contributed by atoms with van der Waals surface area (Å²) < 4.78 is 0. The van der Waals surface area contributed by atoms with Crippen LogP contribution in [0, 0.1) is 11.8 Å². The molecular formula is C19H29N3O2. The molecule has 1 aromatic rings.